The van der Waals surface area contributed by atoms with E-state index in [-0.39, 0.29) is 0 Å². The van der Waals surface area contributed by atoms with Crippen LogP contribution in [0, 0.1) is 0 Å². The molecule has 2 nitrogen and oxygen atoms in total. The molecule has 4 aliphatic rings. The van der Waals surface area contributed by atoms with Gasteiger partial charge in [-0.3, -0.25) is 8.97 Å². The summed E-state index contributed by atoms with van der Waals surface area (Å²) in [6.07, 6.45) is 25.2. The molecule has 0 spiro atoms. The average Bonchev–Trinajstić information content (AvgIpc) is 3.41. The van der Waals surface area contributed by atoms with E-state index < -0.39 is 0 Å². The van der Waals surface area contributed by atoms with E-state index in [9.17, 15) is 0 Å². The maximum Gasteiger partial charge on any atom is 0.217 e. The molecule has 2 heterocycles. The predicted molar refractivity (Wildman–Crippen MR) is 111 cm³/mol. The minimum atomic E-state index is 0.951. The maximum absolute atomic E-state index is 2.48. The fourth-order valence-corrected chi connectivity index (χ4v) is 8.08. The number of quaternary nitrogens is 2. The van der Waals surface area contributed by atoms with Gasteiger partial charge in [0.15, 0.2) is 0 Å². The van der Waals surface area contributed by atoms with Crippen molar-refractivity contribution in [3.63, 3.8) is 0 Å². The van der Waals surface area contributed by atoms with E-state index >= 15 is 0 Å². The molecule has 0 aromatic rings. The number of rotatable bonds is 6. The SMILES string of the molecule is CCCC([N+]1(C2CCCC2)CCCCC1)[N+]1(C2CCCC2)CCCCC1. The van der Waals surface area contributed by atoms with Crippen molar-refractivity contribution in [3.05, 3.63) is 0 Å². The summed E-state index contributed by atoms with van der Waals surface area (Å²) in [6, 6.07) is 2.04. The van der Waals surface area contributed by atoms with Crippen LogP contribution >= 0.6 is 0 Å². The summed E-state index contributed by atoms with van der Waals surface area (Å²) >= 11 is 0. The first-order valence-electron chi connectivity index (χ1n) is 12.5. The molecule has 150 valence electrons. The fraction of sp³-hybridized carbons (Fsp3) is 1.00. The molecule has 4 fully saturated rings. The predicted octanol–water partition coefficient (Wildman–Crippen LogP) is 6.00. The van der Waals surface area contributed by atoms with E-state index in [1.165, 1.54) is 103 Å². The van der Waals surface area contributed by atoms with Crippen LogP contribution in [0.15, 0.2) is 0 Å². The topological polar surface area (TPSA) is 0 Å². The molecule has 0 N–H and O–H groups in total. The molecule has 0 unspecified atom stereocenters. The molecular weight excluding hydrogens is 316 g/mol. The molecule has 0 atom stereocenters. The van der Waals surface area contributed by atoms with Crippen molar-refractivity contribution in [2.75, 3.05) is 26.2 Å². The smallest absolute Gasteiger partial charge is 0.217 e. The van der Waals surface area contributed by atoms with Crippen molar-refractivity contribution in [2.45, 2.75) is 128 Å². The van der Waals surface area contributed by atoms with Crippen LogP contribution in [0.4, 0.5) is 0 Å². The second-order valence-corrected chi connectivity index (χ2v) is 10.4. The van der Waals surface area contributed by atoms with E-state index in [2.05, 4.69) is 6.92 Å². The lowest BCUT2D eigenvalue weighted by Gasteiger charge is -2.60. The molecule has 2 aliphatic heterocycles. The third kappa shape index (κ3) is 3.39. The molecule has 4 rings (SSSR count). The third-order valence-electron chi connectivity index (χ3n) is 9.14. The van der Waals surface area contributed by atoms with Crippen LogP contribution in [-0.4, -0.2) is 53.4 Å². The molecular formula is C24H46N2+2. The highest BCUT2D eigenvalue weighted by Crippen LogP contribution is 2.45. The molecule has 2 aliphatic carbocycles. The number of nitrogens with zero attached hydrogens (tertiary/aromatic N) is 2. The lowest BCUT2D eigenvalue weighted by molar-refractivity contribution is -1.16. The lowest BCUT2D eigenvalue weighted by Crippen LogP contribution is -2.76. The van der Waals surface area contributed by atoms with Crippen molar-refractivity contribution in [2.24, 2.45) is 0 Å². The molecule has 0 aromatic carbocycles. The Morgan fingerprint density at radius 1 is 0.577 bits per heavy atom. The van der Waals surface area contributed by atoms with E-state index in [0.29, 0.717) is 0 Å². The molecule has 2 heteroatoms. The highest BCUT2D eigenvalue weighted by Gasteiger charge is 2.57. The number of likely N-dealkylation sites (tertiary alicyclic amines) is 2. The van der Waals surface area contributed by atoms with Crippen LogP contribution in [0.25, 0.3) is 0 Å². The van der Waals surface area contributed by atoms with Gasteiger partial charge in [-0.05, 0) is 96.3 Å². The standard InChI is InChI=1S/C24H46N2/c1-2-13-24(25(18-9-3-10-19-25)22-14-5-6-15-22)26(20-11-4-12-21-26)23-16-7-8-17-23/h22-24H,2-21H2,1H3/q+2. The number of hydrogen-bond donors (Lipinski definition) is 0. The zero-order chi connectivity index (χ0) is 17.9. The summed E-state index contributed by atoms with van der Waals surface area (Å²) < 4.78 is 3.15. The van der Waals surface area contributed by atoms with Gasteiger partial charge >= 0.3 is 0 Å². The number of piperidine rings is 2. The van der Waals surface area contributed by atoms with Crippen LogP contribution in [0.3, 0.4) is 0 Å². The zero-order valence-electron chi connectivity index (χ0n) is 17.8. The quantitative estimate of drug-likeness (QED) is 0.508. The van der Waals surface area contributed by atoms with Crippen molar-refractivity contribution in [3.8, 4) is 0 Å². The second kappa shape index (κ2) is 8.52. The Kier molecular flexibility index (Phi) is 6.30. The van der Waals surface area contributed by atoms with Crippen LogP contribution in [0.1, 0.15) is 110 Å². The first-order valence-corrected chi connectivity index (χ1v) is 12.5. The van der Waals surface area contributed by atoms with Gasteiger partial charge in [0.2, 0.25) is 6.17 Å². The van der Waals surface area contributed by atoms with Crippen LogP contribution in [-0.2, 0) is 0 Å². The van der Waals surface area contributed by atoms with Crippen LogP contribution < -0.4 is 0 Å². The van der Waals surface area contributed by atoms with Crippen LogP contribution in [0.2, 0.25) is 0 Å². The van der Waals surface area contributed by atoms with E-state index in [4.69, 9.17) is 0 Å². The minimum absolute atomic E-state index is 0.951. The van der Waals surface area contributed by atoms with E-state index in [0.717, 1.165) is 18.2 Å². The Hall–Kier alpha value is -0.0800. The van der Waals surface area contributed by atoms with Crippen molar-refractivity contribution >= 4 is 0 Å². The van der Waals surface area contributed by atoms with Crippen LogP contribution in [0.5, 0.6) is 0 Å². The van der Waals surface area contributed by atoms with Gasteiger partial charge in [0.05, 0.1) is 44.7 Å². The van der Waals surface area contributed by atoms with Gasteiger partial charge in [0.25, 0.3) is 0 Å². The fourth-order valence-electron chi connectivity index (χ4n) is 8.08. The molecule has 0 aromatic heterocycles. The summed E-state index contributed by atoms with van der Waals surface area (Å²) in [5.74, 6) is 0. The molecule has 0 bridgehead atoms. The average molecular weight is 363 g/mol. The van der Waals surface area contributed by atoms with Crippen molar-refractivity contribution < 1.29 is 8.97 Å². The number of hydrogen-bond acceptors (Lipinski definition) is 0. The Morgan fingerprint density at radius 3 is 1.31 bits per heavy atom. The summed E-state index contributed by atoms with van der Waals surface area (Å²) in [5, 5.41) is 0. The molecule has 0 radical (unpaired) electrons. The molecule has 26 heavy (non-hydrogen) atoms. The Morgan fingerprint density at radius 2 is 0.962 bits per heavy atom. The Labute approximate surface area is 163 Å². The van der Waals surface area contributed by atoms with Gasteiger partial charge in [-0.2, -0.15) is 0 Å². The second-order valence-electron chi connectivity index (χ2n) is 10.4. The maximum atomic E-state index is 2.48. The Balaban J connectivity index is 1.72. The summed E-state index contributed by atoms with van der Waals surface area (Å²) in [4.78, 5) is 0. The summed E-state index contributed by atoms with van der Waals surface area (Å²) in [7, 11) is 0. The zero-order valence-corrected chi connectivity index (χ0v) is 17.8. The largest absolute Gasteiger partial charge is 0.272 e. The highest BCUT2D eigenvalue weighted by molar-refractivity contribution is 4.78. The van der Waals surface area contributed by atoms with Gasteiger partial charge in [-0.15, -0.1) is 0 Å². The Bertz CT molecular complexity index is 383. The van der Waals surface area contributed by atoms with Gasteiger partial charge in [0, 0.05) is 0 Å². The lowest BCUT2D eigenvalue weighted by atomic mass is 9.92. The molecule has 2 saturated heterocycles. The first-order chi connectivity index (χ1) is 12.8. The van der Waals surface area contributed by atoms with E-state index in [1.54, 1.807) is 34.6 Å². The van der Waals surface area contributed by atoms with E-state index in [1.807, 2.05) is 0 Å². The molecule has 2 saturated carbocycles. The summed E-state index contributed by atoms with van der Waals surface area (Å²) in [6.45, 7) is 8.60. The summed E-state index contributed by atoms with van der Waals surface area (Å²) in [5.41, 5.74) is 0. The third-order valence-corrected chi connectivity index (χ3v) is 9.14. The first kappa shape index (κ1) is 19.2. The van der Waals surface area contributed by atoms with Gasteiger partial charge in [0.1, 0.15) is 0 Å². The van der Waals surface area contributed by atoms with Crippen molar-refractivity contribution in [1.82, 2.24) is 0 Å². The normalized spacial score (nSPS) is 30.2. The van der Waals surface area contributed by atoms with Gasteiger partial charge in [-0.25, -0.2) is 0 Å². The van der Waals surface area contributed by atoms with Crippen molar-refractivity contribution in [1.29, 1.82) is 0 Å². The highest BCUT2D eigenvalue weighted by atomic mass is 15.6. The minimum Gasteiger partial charge on any atom is -0.272 e. The molecule has 0 amide bonds. The van der Waals surface area contributed by atoms with Gasteiger partial charge in [-0.1, -0.05) is 6.92 Å². The van der Waals surface area contributed by atoms with Gasteiger partial charge < -0.3 is 0 Å². The monoisotopic (exact) mass is 362 g/mol.